The van der Waals surface area contributed by atoms with Gasteiger partial charge < -0.3 is 9.84 Å². The highest BCUT2D eigenvalue weighted by Crippen LogP contribution is 2.22. The first-order valence-electron chi connectivity index (χ1n) is 5.64. The van der Waals surface area contributed by atoms with E-state index in [1.54, 1.807) is 44.3 Å². The van der Waals surface area contributed by atoms with Crippen molar-refractivity contribution < 1.29 is 14.2 Å². The van der Waals surface area contributed by atoms with Gasteiger partial charge in [-0.25, -0.2) is 9.37 Å². The van der Waals surface area contributed by atoms with Crippen LogP contribution in [-0.4, -0.2) is 10.1 Å². The molecule has 94 valence electrons. The standard InChI is InChI=1S/C14H14FNO2/c1-9-7-12(4-5-13(9)15)18-14-6-3-11(8-16-14)10(2)17/h3-8,10,17H,1-2H3/t10-/m1/s1. The van der Waals surface area contributed by atoms with Gasteiger partial charge in [-0.3, -0.25) is 0 Å². The van der Waals surface area contributed by atoms with Crippen LogP contribution < -0.4 is 4.74 Å². The largest absolute Gasteiger partial charge is 0.439 e. The van der Waals surface area contributed by atoms with Crippen molar-refractivity contribution in [2.24, 2.45) is 0 Å². The van der Waals surface area contributed by atoms with E-state index >= 15 is 0 Å². The van der Waals surface area contributed by atoms with Gasteiger partial charge in [0.25, 0.3) is 0 Å². The summed E-state index contributed by atoms with van der Waals surface area (Å²) in [6.45, 7) is 3.34. The summed E-state index contributed by atoms with van der Waals surface area (Å²) in [6.07, 6.45) is 0.996. The Morgan fingerprint density at radius 2 is 2.06 bits per heavy atom. The monoisotopic (exact) mass is 247 g/mol. The van der Waals surface area contributed by atoms with E-state index < -0.39 is 6.10 Å². The van der Waals surface area contributed by atoms with Gasteiger partial charge in [0.1, 0.15) is 11.6 Å². The third kappa shape index (κ3) is 2.84. The first kappa shape index (κ1) is 12.5. The van der Waals surface area contributed by atoms with Crippen molar-refractivity contribution in [1.29, 1.82) is 0 Å². The van der Waals surface area contributed by atoms with E-state index in [0.717, 1.165) is 5.56 Å². The van der Waals surface area contributed by atoms with Crippen LogP contribution in [-0.2, 0) is 0 Å². The van der Waals surface area contributed by atoms with Gasteiger partial charge in [-0.2, -0.15) is 0 Å². The number of aliphatic hydroxyl groups is 1. The molecule has 0 amide bonds. The number of halogens is 1. The lowest BCUT2D eigenvalue weighted by Crippen LogP contribution is -1.94. The summed E-state index contributed by atoms with van der Waals surface area (Å²) in [5.74, 6) is 0.677. The van der Waals surface area contributed by atoms with Gasteiger partial charge in [0.05, 0.1) is 6.10 Å². The Labute approximate surface area is 105 Å². The number of hydrogen-bond acceptors (Lipinski definition) is 3. The van der Waals surface area contributed by atoms with Gasteiger partial charge >= 0.3 is 0 Å². The van der Waals surface area contributed by atoms with E-state index in [4.69, 9.17) is 4.74 Å². The lowest BCUT2D eigenvalue weighted by atomic mass is 10.2. The predicted octanol–water partition coefficient (Wildman–Crippen LogP) is 3.37. The predicted molar refractivity (Wildman–Crippen MR) is 66.1 cm³/mol. The Kier molecular flexibility index (Phi) is 3.58. The lowest BCUT2D eigenvalue weighted by Gasteiger charge is -2.08. The van der Waals surface area contributed by atoms with Crippen LogP contribution in [0.15, 0.2) is 36.5 Å². The van der Waals surface area contributed by atoms with Crippen molar-refractivity contribution in [3.63, 3.8) is 0 Å². The Hall–Kier alpha value is -1.94. The summed E-state index contributed by atoms with van der Waals surface area (Å²) >= 11 is 0. The van der Waals surface area contributed by atoms with Gasteiger partial charge in [0.2, 0.25) is 5.88 Å². The van der Waals surface area contributed by atoms with Crippen LogP contribution in [0.1, 0.15) is 24.2 Å². The van der Waals surface area contributed by atoms with Gasteiger partial charge in [0.15, 0.2) is 0 Å². The average molecular weight is 247 g/mol. The molecule has 0 aliphatic heterocycles. The van der Waals surface area contributed by atoms with Crippen LogP contribution in [0.3, 0.4) is 0 Å². The van der Waals surface area contributed by atoms with E-state index in [2.05, 4.69) is 4.98 Å². The van der Waals surface area contributed by atoms with Crippen molar-refractivity contribution in [2.75, 3.05) is 0 Å². The molecule has 3 nitrogen and oxygen atoms in total. The minimum atomic E-state index is -0.556. The first-order valence-corrected chi connectivity index (χ1v) is 5.64. The normalized spacial score (nSPS) is 12.2. The Bertz CT molecular complexity index is 538. The molecule has 1 aromatic heterocycles. The van der Waals surface area contributed by atoms with Crippen LogP contribution in [0.5, 0.6) is 11.6 Å². The van der Waals surface area contributed by atoms with Gasteiger partial charge in [0, 0.05) is 12.3 Å². The number of aliphatic hydroxyl groups excluding tert-OH is 1. The maximum atomic E-state index is 13.1. The van der Waals surface area contributed by atoms with E-state index in [-0.39, 0.29) is 5.82 Å². The molecule has 1 atom stereocenters. The zero-order valence-electron chi connectivity index (χ0n) is 10.2. The highest BCUT2D eigenvalue weighted by Gasteiger charge is 2.04. The first-order chi connectivity index (χ1) is 8.56. The van der Waals surface area contributed by atoms with Gasteiger partial charge in [-0.1, -0.05) is 0 Å². The molecule has 4 heteroatoms. The number of nitrogens with zero attached hydrogens (tertiary/aromatic N) is 1. The summed E-state index contributed by atoms with van der Waals surface area (Å²) in [6, 6.07) is 7.92. The smallest absolute Gasteiger partial charge is 0.219 e. The van der Waals surface area contributed by atoms with Crippen LogP contribution in [0, 0.1) is 12.7 Å². The number of rotatable bonds is 3. The number of hydrogen-bond donors (Lipinski definition) is 1. The number of pyridine rings is 1. The molecule has 0 fully saturated rings. The Morgan fingerprint density at radius 1 is 1.28 bits per heavy atom. The second-order valence-electron chi connectivity index (χ2n) is 4.12. The van der Waals surface area contributed by atoms with E-state index in [1.165, 1.54) is 6.07 Å². The Morgan fingerprint density at radius 3 is 2.61 bits per heavy atom. The molecule has 0 aliphatic carbocycles. The molecule has 1 aromatic carbocycles. The third-order valence-corrected chi connectivity index (χ3v) is 2.59. The van der Waals surface area contributed by atoms with E-state index in [9.17, 15) is 9.50 Å². The molecule has 0 saturated carbocycles. The van der Waals surface area contributed by atoms with Gasteiger partial charge in [-0.15, -0.1) is 0 Å². The topological polar surface area (TPSA) is 42.4 Å². The number of ether oxygens (including phenoxy) is 1. The summed E-state index contributed by atoms with van der Waals surface area (Å²) in [4.78, 5) is 4.07. The second-order valence-corrected chi connectivity index (χ2v) is 4.12. The maximum absolute atomic E-state index is 13.1. The van der Waals surface area contributed by atoms with Crippen molar-refractivity contribution in [3.05, 3.63) is 53.5 Å². The molecule has 18 heavy (non-hydrogen) atoms. The molecule has 2 aromatic rings. The van der Waals surface area contributed by atoms with Crippen molar-refractivity contribution >= 4 is 0 Å². The minimum absolute atomic E-state index is 0.264. The molecule has 1 heterocycles. The molecule has 2 rings (SSSR count). The molecule has 0 unspecified atom stereocenters. The third-order valence-electron chi connectivity index (χ3n) is 2.59. The zero-order valence-corrected chi connectivity index (χ0v) is 10.2. The summed E-state index contributed by atoms with van der Waals surface area (Å²) in [5, 5.41) is 9.35. The lowest BCUT2D eigenvalue weighted by molar-refractivity contribution is 0.198. The molecule has 0 spiro atoms. The quantitative estimate of drug-likeness (QED) is 0.904. The number of aromatic nitrogens is 1. The zero-order chi connectivity index (χ0) is 13.1. The average Bonchev–Trinajstić information content (AvgIpc) is 2.34. The number of aryl methyl sites for hydroxylation is 1. The molecular formula is C14H14FNO2. The minimum Gasteiger partial charge on any atom is -0.439 e. The maximum Gasteiger partial charge on any atom is 0.219 e. The van der Waals surface area contributed by atoms with Gasteiger partial charge in [-0.05, 0) is 49.2 Å². The SMILES string of the molecule is Cc1cc(Oc2ccc([C@@H](C)O)cn2)ccc1F. The summed E-state index contributed by atoms with van der Waals surface area (Å²) in [5.41, 5.74) is 1.24. The van der Waals surface area contributed by atoms with Crippen molar-refractivity contribution in [3.8, 4) is 11.6 Å². The molecule has 0 radical (unpaired) electrons. The van der Waals surface area contributed by atoms with Crippen LogP contribution in [0.2, 0.25) is 0 Å². The van der Waals surface area contributed by atoms with Crippen molar-refractivity contribution in [1.82, 2.24) is 4.98 Å². The molecule has 0 saturated heterocycles. The Balaban J connectivity index is 2.15. The highest BCUT2D eigenvalue weighted by atomic mass is 19.1. The molecule has 0 bridgehead atoms. The summed E-state index contributed by atoms with van der Waals surface area (Å²) < 4.78 is 18.6. The molecule has 1 N–H and O–H groups in total. The van der Waals surface area contributed by atoms with E-state index in [1.807, 2.05) is 0 Å². The fourth-order valence-electron chi connectivity index (χ4n) is 1.50. The van der Waals surface area contributed by atoms with Crippen LogP contribution >= 0.6 is 0 Å². The molecule has 0 aliphatic rings. The van der Waals surface area contributed by atoms with Crippen LogP contribution in [0.4, 0.5) is 4.39 Å². The highest BCUT2D eigenvalue weighted by molar-refractivity contribution is 5.32. The molecular weight excluding hydrogens is 233 g/mol. The van der Waals surface area contributed by atoms with Crippen molar-refractivity contribution in [2.45, 2.75) is 20.0 Å². The fraction of sp³-hybridized carbons (Fsp3) is 0.214. The van der Waals surface area contributed by atoms with Crippen LogP contribution in [0.25, 0.3) is 0 Å². The van der Waals surface area contributed by atoms with E-state index in [0.29, 0.717) is 17.2 Å². The second kappa shape index (κ2) is 5.14. The summed E-state index contributed by atoms with van der Waals surface area (Å²) in [7, 11) is 0. The fourth-order valence-corrected chi connectivity index (χ4v) is 1.50. The number of benzene rings is 1.